The summed E-state index contributed by atoms with van der Waals surface area (Å²) < 4.78 is 5.24. The van der Waals surface area contributed by atoms with Crippen molar-refractivity contribution < 1.29 is 29.2 Å². The lowest BCUT2D eigenvalue weighted by Crippen LogP contribution is -2.55. The van der Waals surface area contributed by atoms with E-state index in [9.17, 15) is 19.4 Å². The molecule has 1 aliphatic rings. The van der Waals surface area contributed by atoms with E-state index in [-0.39, 0.29) is 24.3 Å². The minimum Gasteiger partial charge on any atom is -0.534 e. The Morgan fingerprint density at radius 3 is 2.78 bits per heavy atom. The van der Waals surface area contributed by atoms with Gasteiger partial charge in [-0.05, 0) is 18.1 Å². The van der Waals surface area contributed by atoms with Gasteiger partial charge in [-0.2, -0.15) is 0 Å². The molecule has 9 nitrogen and oxygen atoms in total. The van der Waals surface area contributed by atoms with Crippen molar-refractivity contribution in [2.24, 2.45) is 0 Å². The number of para-hydroxylation sites is 1. The Kier molecular flexibility index (Phi) is 5.07. The average Bonchev–Trinajstić information content (AvgIpc) is 2.52. The Hall–Kier alpha value is -2.75. The predicted octanol–water partition coefficient (Wildman–Crippen LogP) is -1.25. The minimum absolute atomic E-state index is 0.0485. The van der Waals surface area contributed by atoms with Crippen molar-refractivity contribution in [3.63, 3.8) is 0 Å². The molecule has 0 fully saturated rings. The molecular weight excluding hydrogens is 305 g/mol. The number of urea groups is 1. The van der Waals surface area contributed by atoms with Crippen LogP contribution in [0, 0.1) is 0 Å². The van der Waals surface area contributed by atoms with Gasteiger partial charge in [0.05, 0.1) is 18.0 Å². The molecule has 0 radical (unpaired) electrons. The Morgan fingerprint density at radius 1 is 1.39 bits per heavy atom. The third kappa shape index (κ3) is 3.92. The summed E-state index contributed by atoms with van der Waals surface area (Å²) in [4.78, 5) is 33.9. The van der Waals surface area contributed by atoms with Gasteiger partial charge < -0.3 is 30.7 Å². The second-order valence-electron chi connectivity index (χ2n) is 4.92. The first kappa shape index (κ1) is 16.6. The van der Waals surface area contributed by atoms with E-state index >= 15 is 0 Å². The van der Waals surface area contributed by atoms with Crippen molar-refractivity contribution in [3.8, 4) is 5.75 Å². The third-order valence-corrected chi connectivity index (χ3v) is 3.33. The van der Waals surface area contributed by atoms with Gasteiger partial charge in [0.15, 0.2) is 0 Å². The highest BCUT2D eigenvalue weighted by molar-refractivity contribution is 6.47. The molecule has 3 amide bonds. The molecule has 23 heavy (non-hydrogen) atoms. The molecule has 0 bridgehead atoms. The van der Waals surface area contributed by atoms with Crippen molar-refractivity contribution in [2.75, 3.05) is 13.6 Å². The summed E-state index contributed by atoms with van der Waals surface area (Å²) >= 11 is 0. The van der Waals surface area contributed by atoms with E-state index in [0.29, 0.717) is 5.56 Å². The van der Waals surface area contributed by atoms with Crippen molar-refractivity contribution in [1.82, 2.24) is 16.0 Å². The van der Waals surface area contributed by atoms with Gasteiger partial charge in [-0.25, -0.2) is 9.59 Å². The Labute approximate surface area is 132 Å². The van der Waals surface area contributed by atoms with Gasteiger partial charge in [0.25, 0.3) is 0 Å². The highest BCUT2D eigenvalue weighted by Gasteiger charge is 2.37. The number of carbonyl (C=O) groups excluding carboxylic acids is 2. The van der Waals surface area contributed by atoms with E-state index in [1.165, 1.54) is 13.1 Å². The molecule has 1 aromatic carbocycles. The Morgan fingerprint density at radius 2 is 2.13 bits per heavy atom. The highest BCUT2D eigenvalue weighted by atomic mass is 16.5. The number of rotatable bonds is 4. The fourth-order valence-corrected chi connectivity index (χ4v) is 2.22. The van der Waals surface area contributed by atoms with E-state index in [0.717, 1.165) is 0 Å². The van der Waals surface area contributed by atoms with E-state index in [4.69, 9.17) is 9.76 Å². The van der Waals surface area contributed by atoms with Gasteiger partial charge in [0.2, 0.25) is 5.91 Å². The van der Waals surface area contributed by atoms with Gasteiger partial charge in [-0.1, -0.05) is 12.1 Å². The van der Waals surface area contributed by atoms with Gasteiger partial charge in [-0.3, -0.25) is 4.79 Å². The molecule has 1 aliphatic heterocycles. The first-order chi connectivity index (χ1) is 10.9. The number of hydrogen-bond acceptors (Lipinski definition) is 5. The standard InChI is InChI=1S/C13H16BN3O6/c1-15-13(21)16-6-10(18)17-9-5-7-3-2-4-8(12(19)20)11(7)23-14(9)22/h2-4,9,22H,5-6H2,1H3,(H,17,18)(H,19,20)(H2,15,16,21). The molecule has 0 aliphatic carbocycles. The number of amides is 3. The molecule has 122 valence electrons. The molecule has 0 saturated carbocycles. The summed E-state index contributed by atoms with van der Waals surface area (Å²) in [5.41, 5.74) is 0.521. The number of carboxylic acid groups (broad SMARTS) is 1. The summed E-state index contributed by atoms with van der Waals surface area (Å²) in [6, 6.07) is 4.10. The number of benzene rings is 1. The fourth-order valence-electron chi connectivity index (χ4n) is 2.22. The number of carbonyl (C=O) groups is 3. The fraction of sp³-hybridized carbons (Fsp3) is 0.308. The van der Waals surface area contributed by atoms with E-state index in [1.807, 2.05) is 0 Å². The van der Waals surface area contributed by atoms with Gasteiger partial charge in [0, 0.05) is 7.05 Å². The quantitative estimate of drug-likeness (QED) is 0.440. The number of nitrogens with one attached hydrogen (secondary N) is 3. The van der Waals surface area contributed by atoms with Crippen LogP contribution in [0.15, 0.2) is 18.2 Å². The SMILES string of the molecule is CNC(=O)NCC(=O)NC1Cc2cccc(C(=O)O)c2OB1O. The smallest absolute Gasteiger partial charge is 0.534 e. The zero-order valence-corrected chi connectivity index (χ0v) is 12.3. The van der Waals surface area contributed by atoms with Gasteiger partial charge in [0.1, 0.15) is 5.75 Å². The molecular formula is C13H16BN3O6. The molecule has 1 atom stereocenters. The number of carboxylic acids is 1. The Bertz CT molecular complexity index is 638. The monoisotopic (exact) mass is 321 g/mol. The number of hydrogen-bond donors (Lipinski definition) is 5. The largest absolute Gasteiger partial charge is 0.547 e. The van der Waals surface area contributed by atoms with Crippen LogP contribution in [0.2, 0.25) is 0 Å². The third-order valence-electron chi connectivity index (χ3n) is 3.33. The van der Waals surface area contributed by atoms with Crippen LogP contribution >= 0.6 is 0 Å². The van der Waals surface area contributed by atoms with Gasteiger partial charge >= 0.3 is 19.1 Å². The van der Waals surface area contributed by atoms with E-state index in [1.54, 1.807) is 12.1 Å². The van der Waals surface area contributed by atoms with E-state index < -0.39 is 31.0 Å². The topological polar surface area (TPSA) is 137 Å². The molecule has 5 N–H and O–H groups in total. The van der Waals surface area contributed by atoms with Crippen LogP contribution in [0.5, 0.6) is 5.75 Å². The van der Waals surface area contributed by atoms with Crippen LogP contribution in [-0.4, -0.2) is 54.7 Å². The molecule has 2 rings (SSSR count). The lowest BCUT2D eigenvalue weighted by atomic mass is 9.72. The molecule has 1 heterocycles. The molecule has 0 aromatic heterocycles. The van der Waals surface area contributed by atoms with Crippen LogP contribution in [0.3, 0.4) is 0 Å². The van der Waals surface area contributed by atoms with Crippen LogP contribution < -0.4 is 20.6 Å². The summed E-state index contributed by atoms with van der Waals surface area (Å²) in [7, 11) is 0.0371. The average molecular weight is 321 g/mol. The van der Waals surface area contributed by atoms with Crippen LogP contribution in [0.25, 0.3) is 0 Å². The van der Waals surface area contributed by atoms with Crippen molar-refractivity contribution in [3.05, 3.63) is 29.3 Å². The Balaban J connectivity index is 2.04. The normalized spacial score (nSPS) is 15.9. The lowest BCUT2D eigenvalue weighted by molar-refractivity contribution is -0.120. The zero-order chi connectivity index (χ0) is 17.0. The van der Waals surface area contributed by atoms with Crippen LogP contribution in [0.1, 0.15) is 15.9 Å². The summed E-state index contributed by atoms with van der Waals surface area (Å²) in [6.45, 7) is -0.259. The number of aromatic carboxylic acids is 1. The second-order valence-corrected chi connectivity index (χ2v) is 4.92. The van der Waals surface area contributed by atoms with Gasteiger partial charge in [-0.15, -0.1) is 0 Å². The van der Waals surface area contributed by atoms with Crippen molar-refractivity contribution >= 4 is 25.0 Å². The first-order valence-corrected chi connectivity index (χ1v) is 6.87. The van der Waals surface area contributed by atoms with Crippen molar-refractivity contribution in [1.29, 1.82) is 0 Å². The maximum absolute atomic E-state index is 11.7. The zero-order valence-electron chi connectivity index (χ0n) is 12.3. The van der Waals surface area contributed by atoms with E-state index in [2.05, 4.69) is 16.0 Å². The summed E-state index contributed by atoms with van der Waals surface area (Å²) in [6.07, 6.45) is 0.212. The maximum atomic E-state index is 11.7. The maximum Gasteiger partial charge on any atom is 0.547 e. The van der Waals surface area contributed by atoms with Crippen molar-refractivity contribution in [2.45, 2.75) is 12.4 Å². The molecule has 0 saturated heterocycles. The highest BCUT2D eigenvalue weighted by Crippen LogP contribution is 2.29. The molecule has 1 unspecified atom stereocenters. The molecule has 0 spiro atoms. The predicted molar refractivity (Wildman–Crippen MR) is 80.1 cm³/mol. The molecule has 1 aromatic rings. The first-order valence-electron chi connectivity index (χ1n) is 6.87. The second kappa shape index (κ2) is 7.01. The lowest BCUT2D eigenvalue weighted by Gasteiger charge is -2.28. The summed E-state index contributed by atoms with van der Waals surface area (Å²) in [5.74, 6) is -2.31. The molecule has 10 heteroatoms. The minimum atomic E-state index is -1.38. The van der Waals surface area contributed by atoms with Crippen LogP contribution in [-0.2, 0) is 11.2 Å². The van der Waals surface area contributed by atoms with Crippen LogP contribution in [0.4, 0.5) is 4.79 Å². The number of fused-ring (bicyclic) bond motifs is 1. The summed E-state index contributed by atoms with van der Waals surface area (Å²) in [5, 5.41) is 26.2.